The van der Waals surface area contributed by atoms with Crippen LogP contribution < -0.4 is 10.5 Å². The SMILES string of the molecule is C[C@@]12CCCC[C@H]3CC3(Cc3ccc(OC(=O)N4CCCC4)cc31)[C@@H]2N. The number of hydrogen-bond acceptors (Lipinski definition) is 3. The van der Waals surface area contributed by atoms with Crippen LogP contribution in [0.4, 0.5) is 4.79 Å². The second kappa shape index (κ2) is 5.72. The Morgan fingerprint density at radius 1 is 1.23 bits per heavy atom. The number of likely N-dealkylation sites (tertiary alicyclic amines) is 1. The number of carbonyl (C=O) groups excluding carboxylic acids is 1. The highest BCUT2D eigenvalue weighted by Crippen LogP contribution is 2.66. The molecule has 4 nitrogen and oxygen atoms in total. The van der Waals surface area contributed by atoms with Gasteiger partial charge in [-0.3, -0.25) is 0 Å². The van der Waals surface area contributed by atoms with Crippen LogP contribution in [0.5, 0.6) is 5.75 Å². The molecule has 3 fully saturated rings. The fourth-order valence-corrected chi connectivity index (χ4v) is 6.20. The van der Waals surface area contributed by atoms with Gasteiger partial charge in [-0.1, -0.05) is 25.8 Å². The Kier molecular flexibility index (Phi) is 3.66. The molecule has 0 radical (unpaired) electrons. The largest absolute Gasteiger partial charge is 0.415 e. The number of hydrogen-bond donors (Lipinski definition) is 1. The van der Waals surface area contributed by atoms with E-state index in [1.807, 2.05) is 11.0 Å². The van der Waals surface area contributed by atoms with E-state index in [1.54, 1.807) is 0 Å². The smallest absolute Gasteiger partial charge is 0.410 e. The predicted octanol–water partition coefficient (Wildman–Crippen LogP) is 4.00. The van der Waals surface area contributed by atoms with E-state index in [4.69, 9.17) is 10.5 Å². The van der Waals surface area contributed by atoms with Gasteiger partial charge in [-0.25, -0.2) is 4.79 Å². The quantitative estimate of drug-likeness (QED) is 0.829. The highest BCUT2D eigenvalue weighted by molar-refractivity contribution is 5.71. The summed E-state index contributed by atoms with van der Waals surface area (Å²) in [6.07, 6.45) is 9.42. The van der Waals surface area contributed by atoms with E-state index in [9.17, 15) is 4.79 Å². The summed E-state index contributed by atoms with van der Waals surface area (Å²) in [5.74, 6) is 1.50. The van der Waals surface area contributed by atoms with Crippen LogP contribution in [0.3, 0.4) is 0 Å². The molecule has 3 aliphatic carbocycles. The highest BCUT2D eigenvalue weighted by atomic mass is 16.6. The normalized spacial score (nSPS) is 38.0. The molecule has 2 saturated carbocycles. The summed E-state index contributed by atoms with van der Waals surface area (Å²) in [6.45, 7) is 3.98. The first-order chi connectivity index (χ1) is 12.5. The standard InChI is InChI=1S/C22H30N2O2/c1-21-9-3-2-6-16-14-22(16,19(21)23)13-15-7-8-17(12-18(15)21)26-20(25)24-10-4-5-11-24/h7-8,12,16,19H,2-6,9-11,13-14,23H2,1H3/t16-,19+,21+,22?/m0/s1. The molecule has 2 bridgehead atoms. The van der Waals surface area contributed by atoms with Crippen molar-refractivity contribution in [1.82, 2.24) is 4.90 Å². The molecular weight excluding hydrogens is 324 g/mol. The zero-order valence-electron chi connectivity index (χ0n) is 15.8. The second-order valence-corrected chi connectivity index (χ2v) is 9.33. The first-order valence-electron chi connectivity index (χ1n) is 10.4. The highest BCUT2D eigenvalue weighted by Gasteiger charge is 2.64. The molecule has 140 valence electrons. The van der Waals surface area contributed by atoms with Crippen LogP contribution in [0.15, 0.2) is 18.2 Å². The third-order valence-electron chi connectivity index (χ3n) is 7.87. The summed E-state index contributed by atoms with van der Waals surface area (Å²) in [6, 6.07) is 6.53. The van der Waals surface area contributed by atoms with Crippen molar-refractivity contribution in [3.63, 3.8) is 0 Å². The van der Waals surface area contributed by atoms with Crippen LogP contribution in [-0.4, -0.2) is 30.1 Å². The summed E-state index contributed by atoms with van der Waals surface area (Å²) < 4.78 is 5.72. The third kappa shape index (κ3) is 2.34. The van der Waals surface area contributed by atoms with Gasteiger partial charge in [-0.2, -0.15) is 0 Å². The lowest BCUT2D eigenvalue weighted by Crippen LogP contribution is -2.54. The van der Waals surface area contributed by atoms with E-state index >= 15 is 0 Å². The number of nitrogens with two attached hydrogens (primary N) is 1. The van der Waals surface area contributed by atoms with Crippen molar-refractivity contribution in [1.29, 1.82) is 0 Å². The van der Waals surface area contributed by atoms with Gasteiger partial charge in [0.1, 0.15) is 5.75 Å². The Hall–Kier alpha value is -1.55. The lowest BCUT2D eigenvalue weighted by molar-refractivity contribution is 0.161. The van der Waals surface area contributed by atoms with Gasteiger partial charge >= 0.3 is 6.09 Å². The number of nitrogens with zero attached hydrogens (tertiary/aromatic N) is 1. The number of carbonyl (C=O) groups is 1. The van der Waals surface area contributed by atoms with Crippen molar-refractivity contribution in [3.8, 4) is 5.75 Å². The Bertz CT molecular complexity index is 742. The van der Waals surface area contributed by atoms with Crippen molar-refractivity contribution in [2.24, 2.45) is 17.1 Å². The molecule has 26 heavy (non-hydrogen) atoms. The van der Waals surface area contributed by atoms with Gasteiger partial charge in [0.2, 0.25) is 0 Å². The van der Waals surface area contributed by atoms with Crippen LogP contribution in [0, 0.1) is 11.3 Å². The predicted molar refractivity (Wildman–Crippen MR) is 101 cm³/mol. The van der Waals surface area contributed by atoms with Crippen LogP contribution in [0.2, 0.25) is 0 Å². The molecule has 4 aliphatic rings. The molecule has 5 rings (SSSR count). The third-order valence-corrected chi connectivity index (χ3v) is 7.87. The van der Waals surface area contributed by atoms with E-state index in [1.165, 1.54) is 36.8 Å². The van der Waals surface area contributed by atoms with Gasteiger partial charge in [-0.15, -0.1) is 0 Å². The van der Waals surface area contributed by atoms with Gasteiger partial charge in [0.05, 0.1) is 0 Å². The maximum absolute atomic E-state index is 12.4. The molecule has 1 heterocycles. The van der Waals surface area contributed by atoms with Crippen LogP contribution in [0.25, 0.3) is 0 Å². The van der Waals surface area contributed by atoms with Crippen molar-refractivity contribution in [2.75, 3.05) is 13.1 Å². The summed E-state index contributed by atoms with van der Waals surface area (Å²) in [5, 5.41) is 0. The first-order valence-corrected chi connectivity index (χ1v) is 10.4. The molecule has 1 amide bonds. The minimum absolute atomic E-state index is 0.00118. The fraction of sp³-hybridized carbons (Fsp3) is 0.682. The molecule has 1 aliphatic heterocycles. The minimum Gasteiger partial charge on any atom is -0.410 e. The number of fused-ring (bicyclic) bond motifs is 3. The van der Waals surface area contributed by atoms with Crippen molar-refractivity contribution in [3.05, 3.63) is 29.3 Å². The van der Waals surface area contributed by atoms with E-state index in [0.29, 0.717) is 11.2 Å². The summed E-state index contributed by atoms with van der Waals surface area (Å²) in [4.78, 5) is 14.2. The minimum atomic E-state index is -0.205. The monoisotopic (exact) mass is 354 g/mol. The summed E-state index contributed by atoms with van der Waals surface area (Å²) in [7, 11) is 0. The van der Waals surface area contributed by atoms with Gasteiger partial charge < -0.3 is 15.4 Å². The fourth-order valence-electron chi connectivity index (χ4n) is 6.20. The maximum Gasteiger partial charge on any atom is 0.415 e. The Labute approximate surface area is 156 Å². The molecule has 4 heteroatoms. The molecule has 1 unspecified atom stereocenters. The molecule has 1 spiro atoms. The number of amides is 1. The van der Waals surface area contributed by atoms with Gasteiger partial charge in [0, 0.05) is 24.5 Å². The topological polar surface area (TPSA) is 55.6 Å². The van der Waals surface area contributed by atoms with Gasteiger partial charge in [0.15, 0.2) is 0 Å². The Balaban J connectivity index is 1.47. The number of benzene rings is 1. The Morgan fingerprint density at radius 2 is 2.04 bits per heavy atom. The van der Waals surface area contributed by atoms with Crippen molar-refractivity contribution >= 4 is 6.09 Å². The van der Waals surface area contributed by atoms with Gasteiger partial charge in [-0.05, 0) is 73.1 Å². The maximum atomic E-state index is 12.4. The van der Waals surface area contributed by atoms with Crippen molar-refractivity contribution in [2.45, 2.75) is 69.7 Å². The van der Waals surface area contributed by atoms with E-state index < -0.39 is 0 Å². The molecule has 1 aromatic rings. The molecule has 2 N–H and O–H groups in total. The molecular formula is C22H30N2O2. The molecule has 1 aromatic carbocycles. The molecule has 4 atom stereocenters. The zero-order chi connectivity index (χ0) is 17.9. The van der Waals surface area contributed by atoms with Gasteiger partial charge in [0.25, 0.3) is 0 Å². The zero-order valence-corrected chi connectivity index (χ0v) is 15.8. The van der Waals surface area contributed by atoms with E-state index in [2.05, 4.69) is 19.1 Å². The number of rotatable bonds is 1. The lowest BCUT2D eigenvalue weighted by atomic mass is 9.59. The van der Waals surface area contributed by atoms with Crippen LogP contribution in [0.1, 0.15) is 63.0 Å². The molecule has 0 aromatic heterocycles. The van der Waals surface area contributed by atoms with E-state index in [-0.39, 0.29) is 17.6 Å². The first kappa shape index (κ1) is 16.6. The van der Waals surface area contributed by atoms with E-state index in [0.717, 1.165) is 44.7 Å². The number of ether oxygens (including phenoxy) is 1. The summed E-state index contributed by atoms with van der Waals surface area (Å²) in [5.41, 5.74) is 10.0. The second-order valence-electron chi connectivity index (χ2n) is 9.33. The van der Waals surface area contributed by atoms with Crippen molar-refractivity contribution < 1.29 is 9.53 Å². The lowest BCUT2D eigenvalue weighted by Gasteiger charge is -2.48. The van der Waals surface area contributed by atoms with Crippen LogP contribution >= 0.6 is 0 Å². The summed E-state index contributed by atoms with van der Waals surface area (Å²) >= 11 is 0. The average molecular weight is 354 g/mol. The Morgan fingerprint density at radius 3 is 2.85 bits per heavy atom. The van der Waals surface area contributed by atoms with Crippen LogP contribution in [-0.2, 0) is 11.8 Å². The average Bonchev–Trinajstić information content (AvgIpc) is 3.05. The molecule has 1 saturated heterocycles.